The largest absolute Gasteiger partial charge is 0.497 e. The maximum absolute atomic E-state index is 13.7. The molecule has 0 atom stereocenters. The van der Waals surface area contributed by atoms with Gasteiger partial charge in [0.25, 0.3) is 0 Å². The van der Waals surface area contributed by atoms with Crippen molar-refractivity contribution in [1.82, 2.24) is 5.16 Å². The lowest BCUT2D eigenvalue weighted by molar-refractivity contribution is 0.414. The van der Waals surface area contributed by atoms with E-state index in [9.17, 15) is 4.39 Å². The summed E-state index contributed by atoms with van der Waals surface area (Å²) in [6.45, 7) is 0. The zero-order chi connectivity index (χ0) is 11.7. The molecule has 6 heteroatoms. The van der Waals surface area contributed by atoms with Crippen molar-refractivity contribution in [2.75, 3.05) is 12.8 Å². The van der Waals surface area contributed by atoms with Crippen LogP contribution in [0.4, 0.5) is 10.3 Å². The maximum atomic E-state index is 13.7. The Bertz CT molecular complexity index is 528. The second-order valence-electron chi connectivity index (χ2n) is 3.07. The molecule has 0 fully saturated rings. The monoisotopic (exact) mass is 242 g/mol. The van der Waals surface area contributed by atoms with Gasteiger partial charge in [-0.05, 0) is 6.07 Å². The Kier molecular flexibility index (Phi) is 2.70. The molecule has 84 valence electrons. The van der Waals surface area contributed by atoms with Crippen LogP contribution in [0, 0.1) is 5.82 Å². The second kappa shape index (κ2) is 4.02. The molecular formula is C10H8ClFN2O2. The highest BCUT2D eigenvalue weighted by Crippen LogP contribution is 2.34. The van der Waals surface area contributed by atoms with Crippen LogP contribution in [0.5, 0.6) is 5.75 Å². The van der Waals surface area contributed by atoms with Gasteiger partial charge in [0, 0.05) is 11.6 Å². The molecule has 0 spiro atoms. The number of benzene rings is 1. The lowest BCUT2D eigenvalue weighted by atomic mass is 10.1. The van der Waals surface area contributed by atoms with E-state index in [1.807, 2.05) is 0 Å². The minimum atomic E-state index is -0.586. The van der Waals surface area contributed by atoms with Gasteiger partial charge in [-0.25, -0.2) is 4.39 Å². The summed E-state index contributed by atoms with van der Waals surface area (Å²) in [6.07, 6.45) is 1.32. The minimum absolute atomic E-state index is 0.0308. The molecule has 0 unspecified atom stereocenters. The molecule has 0 bridgehead atoms. The van der Waals surface area contributed by atoms with Gasteiger partial charge in [0.05, 0.1) is 23.9 Å². The SMILES string of the molecule is COc1cc(Cl)c(F)c(-c2cnoc2N)c1. The normalized spacial score (nSPS) is 10.4. The van der Waals surface area contributed by atoms with Gasteiger partial charge < -0.3 is 15.0 Å². The van der Waals surface area contributed by atoms with Gasteiger partial charge in [0.1, 0.15) is 11.6 Å². The fourth-order valence-corrected chi connectivity index (χ4v) is 1.54. The summed E-state index contributed by atoms with van der Waals surface area (Å²) in [6, 6.07) is 2.86. The van der Waals surface area contributed by atoms with Gasteiger partial charge in [-0.2, -0.15) is 0 Å². The van der Waals surface area contributed by atoms with Gasteiger partial charge in [-0.1, -0.05) is 16.8 Å². The molecule has 2 N–H and O–H groups in total. The van der Waals surface area contributed by atoms with Crippen molar-refractivity contribution in [1.29, 1.82) is 0 Å². The number of nitrogen functional groups attached to an aromatic ring is 1. The molecule has 1 aromatic carbocycles. The van der Waals surface area contributed by atoms with E-state index >= 15 is 0 Å². The average molecular weight is 243 g/mol. The highest BCUT2D eigenvalue weighted by atomic mass is 35.5. The van der Waals surface area contributed by atoms with E-state index in [1.54, 1.807) is 0 Å². The van der Waals surface area contributed by atoms with Gasteiger partial charge in [0.2, 0.25) is 5.88 Å². The number of halogens is 2. The Balaban J connectivity index is 2.64. The van der Waals surface area contributed by atoms with Crippen LogP contribution in [-0.4, -0.2) is 12.3 Å². The molecule has 2 rings (SSSR count). The lowest BCUT2D eigenvalue weighted by Gasteiger charge is -2.06. The molecule has 0 saturated heterocycles. The van der Waals surface area contributed by atoms with Gasteiger partial charge >= 0.3 is 0 Å². The average Bonchev–Trinajstić information content (AvgIpc) is 2.68. The highest BCUT2D eigenvalue weighted by molar-refractivity contribution is 6.31. The van der Waals surface area contributed by atoms with Crippen LogP contribution >= 0.6 is 11.6 Å². The Hall–Kier alpha value is -1.75. The molecule has 4 nitrogen and oxygen atoms in total. The van der Waals surface area contributed by atoms with Crippen LogP contribution < -0.4 is 10.5 Å². The van der Waals surface area contributed by atoms with Crippen LogP contribution in [0.15, 0.2) is 22.9 Å². The first kappa shape index (κ1) is 10.8. The summed E-state index contributed by atoms with van der Waals surface area (Å²) in [5, 5.41) is 3.43. The number of hydrogen-bond donors (Lipinski definition) is 1. The molecular weight excluding hydrogens is 235 g/mol. The number of aromatic nitrogens is 1. The number of methoxy groups -OCH3 is 1. The first-order valence-electron chi connectivity index (χ1n) is 4.37. The van der Waals surface area contributed by atoms with Crippen LogP contribution in [0.1, 0.15) is 0 Å². The van der Waals surface area contributed by atoms with Crippen molar-refractivity contribution in [3.8, 4) is 16.9 Å². The molecule has 16 heavy (non-hydrogen) atoms. The molecule has 0 radical (unpaired) electrons. The fourth-order valence-electron chi connectivity index (χ4n) is 1.33. The lowest BCUT2D eigenvalue weighted by Crippen LogP contribution is -1.91. The smallest absolute Gasteiger partial charge is 0.230 e. The summed E-state index contributed by atoms with van der Waals surface area (Å²) in [5.74, 6) is -0.123. The third-order valence-electron chi connectivity index (χ3n) is 2.13. The van der Waals surface area contributed by atoms with E-state index in [-0.39, 0.29) is 16.5 Å². The molecule has 0 aliphatic carbocycles. The van der Waals surface area contributed by atoms with Crippen molar-refractivity contribution in [3.05, 3.63) is 29.2 Å². The van der Waals surface area contributed by atoms with Crippen molar-refractivity contribution in [2.24, 2.45) is 0 Å². The summed E-state index contributed by atoms with van der Waals surface area (Å²) < 4.78 is 23.4. The maximum Gasteiger partial charge on any atom is 0.230 e. The number of nitrogens with zero attached hydrogens (tertiary/aromatic N) is 1. The van der Waals surface area contributed by atoms with E-state index < -0.39 is 5.82 Å². The van der Waals surface area contributed by atoms with Crippen molar-refractivity contribution < 1.29 is 13.7 Å². The summed E-state index contributed by atoms with van der Waals surface area (Å²) in [4.78, 5) is 0. The van der Waals surface area contributed by atoms with Crippen molar-refractivity contribution in [3.63, 3.8) is 0 Å². The molecule has 0 aliphatic rings. The number of ether oxygens (including phenoxy) is 1. The predicted molar refractivity (Wildman–Crippen MR) is 57.9 cm³/mol. The van der Waals surface area contributed by atoms with Crippen LogP contribution in [0.25, 0.3) is 11.1 Å². The number of hydrogen-bond acceptors (Lipinski definition) is 4. The third-order valence-corrected chi connectivity index (χ3v) is 2.40. The van der Waals surface area contributed by atoms with Crippen LogP contribution in [0.2, 0.25) is 5.02 Å². The Morgan fingerprint density at radius 2 is 2.19 bits per heavy atom. The Labute approximate surface area is 95.7 Å². The van der Waals surface area contributed by atoms with Crippen molar-refractivity contribution >= 4 is 17.5 Å². The molecule has 1 aromatic heterocycles. The summed E-state index contributed by atoms with van der Waals surface area (Å²) in [5.41, 5.74) is 6.05. The molecule has 0 amide bonds. The van der Waals surface area contributed by atoms with Crippen LogP contribution in [-0.2, 0) is 0 Å². The van der Waals surface area contributed by atoms with E-state index in [4.69, 9.17) is 22.1 Å². The molecule has 0 saturated carbocycles. The van der Waals surface area contributed by atoms with E-state index in [1.165, 1.54) is 25.4 Å². The van der Waals surface area contributed by atoms with Gasteiger partial charge in [0.15, 0.2) is 0 Å². The van der Waals surface area contributed by atoms with E-state index in [0.29, 0.717) is 11.3 Å². The standard InChI is InChI=1S/C10H8ClFN2O2/c1-15-5-2-6(9(12)8(11)3-5)7-4-14-16-10(7)13/h2-4H,13H2,1H3. The van der Waals surface area contributed by atoms with E-state index in [0.717, 1.165) is 0 Å². The quantitative estimate of drug-likeness (QED) is 0.880. The van der Waals surface area contributed by atoms with Crippen LogP contribution in [0.3, 0.4) is 0 Å². The Morgan fingerprint density at radius 3 is 2.75 bits per heavy atom. The molecule has 2 aromatic rings. The number of nitrogens with two attached hydrogens (primary N) is 1. The topological polar surface area (TPSA) is 61.3 Å². The highest BCUT2D eigenvalue weighted by Gasteiger charge is 2.16. The summed E-state index contributed by atoms with van der Waals surface area (Å²) in [7, 11) is 1.46. The second-order valence-corrected chi connectivity index (χ2v) is 3.48. The number of rotatable bonds is 2. The molecule has 0 aliphatic heterocycles. The zero-order valence-electron chi connectivity index (χ0n) is 8.33. The molecule has 1 heterocycles. The van der Waals surface area contributed by atoms with Crippen molar-refractivity contribution in [2.45, 2.75) is 0 Å². The minimum Gasteiger partial charge on any atom is -0.497 e. The first-order valence-corrected chi connectivity index (χ1v) is 4.75. The summed E-state index contributed by atoms with van der Waals surface area (Å²) >= 11 is 5.72. The number of anilines is 1. The Morgan fingerprint density at radius 1 is 1.44 bits per heavy atom. The first-order chi connectivity index (χ1) is 7.63. The van der Waals surface area contributed by atoms with Gasteiger partial charge in [-0.3, -0.25) is 0 Å². The fraction of sp³-hybridized carbons (Fsp3) is 0.100. The third kappa shape index (κ3) is 1.69. The predicted octanol–water partition coefficient (Wildman–Crippen LogP) is 2.72. The van der Waals surface area contributed by atoms with E-state index in [2.05, 4.69) is 9.68 Å². The zero-order valence-corrected chi connectivity index (χ0v) is 9.08. The van der Waals surface area contributed by atoms with Gasteiger partial charge in [-0.15, -0.1) is 0 Å².